The van der Waals surface area contributed by atoms with Crippen LogP contribution in [0.5, 0.6) is 0 Å². The topological polar surface area (TPSA) is 75.6 Å². The Kier molecular flexibility index (Phi) is 4.00. The van der Waals surface area contributed by atoms with Gasteiger partial charge in [0, 0.05) is 11.1 Å². The maximum Gasteiger partial charge on any atom is 0.258 e. The molecule has 1 aliphatic rings. The van der Waals surface area contributed by atoms with Gasteiger partial charge in [0.1, 0.15) is 0 Å². The molecule has 0 aliphatic carbocycles. The van der Waals surface area contributed by atoms with E-state index in [-0.39, 0.29) is 11.1 Å². The number of rotatable bonds is 3. The van der Waals surface area contributed by atoms with Gasteiger partial charge in [-0.05, 0) is 25.1 Å². The highest BCUT2D eigenvalue weighted by molar-refractivity contribution is 6.04. The first kappa shape index (κ1) is 16.6. The predicted molar refractivity (Wildman–Crippen MR) is 83.4 cm³/mol. The first-order chi connectivity index (χ1) is 11.8. The molecule has 0 aromatic heterocycles. The zero-order valence-corrected chi connectivity index (χ0v) is 13.0. The zero-order chi connectivity index (χ0) is 18.2. The molecule has 2 aromatic carbocycles. The number of Topliss-reactive ketones (excluding diaryl/α,β-unsaturated/α-hetero) is 1. The Balaban J connectivity index is 1.90. The number of carbonyl (C=O) groups is 2. The summed E-state index contributed by atoms with van der Waals surface area (Å²) in [6.07, 6.45) is 0. The van der Waals surface area contributed by atoms with Crippen LogP contribution in [0.2, 0.25) is 0 Å². The average Bonchev–Trinajstić information content (AvgIpc) is 2.83. The van der Waals surface area contributed by atoms with Crippen LogP contribution in [-0.2, 0) is 15.1 Å². The van der Waals surface area contributed by atoms with Crippen molar-refractivity contribution in [1.82, 2.24) is 5.32 Å². The fraction of sp³-hybridized carbons (Fsp3) is 0.111. The second kappa shape index (κ2) is 6.01. The molecule has 7 heteroatoms. The maximum atomic E-state index is 14.1. The molecule has 3 rings (SSSR count). The molecule has 128 valence electrons. The highest BCUT2D eigenvalue weighted by Crippen LogP contribution is 2.38. The Bertz CT molecular complexity index is 895. The second-order valence-corrected chi connectivity index (χ2v) is 5.56. The van der Waals surface area contributed by atoms with Crippen molar-refractivity contribution >= 4 is 11.7 Å². The van der Waals surface area contributed by atoms with Gasteiger partial charge in [0.15, 0.2) is 11.6 Å². The number of ether oxygens (including phenoxy) is 1. The molecule has 1 unspecified atom stereocenters. The number of benzene rings is 2. The average molecular weight is 345 g/mol. The van der Waals surface area contributed by atoms with Crippen LogP contribution in [0.3, 0.4) is 0 Å². The Labute approximate surface area is 141 Å². The molecule has 0 spiro atoms. The van der Waals surface area contributed by atoms with E-state index in [1.54, 1.807) is 18.2 Å². The zero-order valence-electron chi connectivity index (χ0n) is 13.0. The fourth-order valence-corrected chi connectivity index (χ4v) is 2.53. The number of amides is 1. The van der Waals surface area contributed by atoms with Gasteiger partial charge in [-0.2, -0.15) is 0 Å². The maximum absolute atomic E-state index is 14.1. The summed E-state index contributed by atoms with van der Waals surface area (Å²) in [6.45, 7) is 1.19. The van der Waals surface area contributed by atoms with Crippen LogP contribution in [0.4, 0.5) is 8.78 Å². The number of ketones is 1. The second-order valence-electron chi connectivity index (χ2n) is 5.56. The Morgan fingerprint density at radius 1 is 1.12 bits per heavy atom. The Hall–Kier alpha value is -3.22. The van der Waals surface area contributed by atoms with Crippen LogP contribution < -0.4 is 5.32 Å². The van der Waals surface area contributed by atoms with E-state index < -0.39 is 40.6 Å². The van der Waals surface area contributed by atoms with E-state index in [9.17, 15) is 23.5 Å². The monoisotopic (exact) mass is 345 g/mol. The predicted octanol–water partition coefficient (Wildman–Crippen LogP) is 2.94. The van der Waals surface area contributed by atoms with Crippen molar-refractivity contribution in [3.63, 3.8) is 0 Å². The molecule has 25 heavy (non-hydrogen) atoms. The Morgan fingerprint density at radius 2 is 1.80 bits per heavy atom. The van der Waals surface area contributed by atoms with Crippen LogP contribution >= 0.6 is 0 Å². The Morgan fingerprint density at radius 3 is 2.48 bits per heavy atom. The van der Waals surface area contributed by atoms with E-state index in [0.29, 0.717) is 0 Å². The SMILES string of the molecule is CC1(c2cccc(F)c2F)OC(NC(=O)c2ccccc2)=C(O)C1=O. The lowest BCUT2D eigenvalue weighted by Gasteiger charge is -2.24. The van der Waals surface area contributed by atoms with E-state index in [2.05, 4.69) is 5.32 Å². The van der Waals surface area contributed by atoms with Gasteiger partial charge < -0.3 is 9.84 Å². The van der Waals surface area contributed by atoms with Gasteiger partial charge in [-0.25, -0.2) is 8.78 Å². The third-order valence-corrected chi connectivity index (χ3v) is 3.90. The van der Waals surface area contributed by atoms with Crippen molar-refractivity contribution in [2.75, 3.05) is 0 Å². The number of hydrogen-bond acceptors (Lipinski definition) is 4. The molecule has 2 N–H and O–H groups in total. The molecule has 0 bridgehead atoms. The minimum atomic E-state index is -1.99. The molecule has 1 heterocycles. The number of nitrogens with one attached hydrogen (secondary N) is 1. The lowest BCUT2D eigenvalue weighted by Crippen LogP contribution is -2.33. The molecule has 0 radical (unpaired) electrons. The highest BCUT2D eigenvalue weighted by atomic mass is 19.2. The lowest BCUT2D eigenvalue weighted by molar-refractivity contribution is -0.132. The number of aliphatic hydroxyl groups is 1. The third kappa shape index (κ3) is 2.73. The summed E-state index contributed by atoms with van der Waals surface area (Å²) < 4.78 is 32.9. The molecule has 0 saturated heterocycles. The van der Waals surface area contributed by atoms with E-state index >= 15 is 0 Å². The van der Waals surface area contributed by atoms with Crippen LogP contribution in [0, 0.1) is 11.6 Å². The fourth-order valence-electron chi connectivity index (χ4n) is 2.53. The summed E-state index contributed by atoms with van der Waals surface area (Å²) in [5, 5.41) is 12.3. The summed E-state index contributed by atoms with van der Waals surface area (Å²) in [4.78, 5) is 24.5. The van der Waals surface area contributed by atoms with Crippen molar-refractivity contribution in [3.05, 3.63) is 82.9 Å². The van der Waals surface area contributed by atoms with Crippen molar-refractivity contribution in [3.8, 4) is 0 Å². The summed E-state index contributed by atoms with van der Waals surface area (Å²) in [5.74, 6) is -5.40. The van der Waals surface area contributed by atoms with Crippen molar-refractivity contribution < 1.29 is 28.2 Å². The van der Waals surface area contributed by atoms with Crippen LogP contribution in [-0.4, -0.2) is 16.8 Å². The van der Waals surface area contributed by atoms with Gasteiger partial charge in [0.05, 0.1) is 0 Å². The van der Waals surface area contributed by atoms with Gasteiger partial charge in [-0.15, -0.1) is 0 Å². The highest BCUT2D eigenvalue weighted by Gasteiger charge is 2.50. The van der Waals surface area contributed by atoms with E-state index in [1.807, 2.05) is 0 Å². The lowest BCUT2D eigenvalue weighted by atomic mass is 9.91. The molecule has 1 amide bonds. The van der Waals surface area contributed by atoms with Gasteiger partial charge >= 0.3 is 0 Å². The molecule has 0 saturated carbocycles. The summed E-state index contributed by atoms with van der Waals surface area (Å²) in [7, 11) is 0. The van der Waals surface area contributed by atoms with Crippen LogP contribution in [0.1, 0.15) is 22.8 Å². The van der Waals surface area contributed by atoms with Crippen molar-refractivity contribution in [1.29, 1.82) is 0 Å². The summed E-state index contributed by atoms with van der Waals surface area (Å²) in [5.41, 5.74) is -2.10. The summed E-state index contributed by atoms with van der Waals surface area (Å²) >= 11 is 0. The quantitative estimate of drug-likeness (QED) is 0.897. The molecule has 5 nitrogen and oxygen atoms in total. The molecule has 0 fully saturated rings. The molecular weight excluding hydrogens is 332 g/mol. The number of halogens is 2. The first-order valence-corrected chi connectivity index (χ1v) is 7.32. The molecule has 1 atom stereocenters. The van der Waals surface area contributed by atoms with Crippen LogP contribution in [0.25, 0.3) is 0 Å². The first-order valence-electron chi connectivity index (χ1n) is 7.32. The van der Waals surface area contributed by atoms with Gasteiger partial charge in [0.2, 0.25) is 17.2 Å². The van der Waals surface area contributed by atoms with E-state index in [1.165, 1.54) is 31.2 Å². The number of aliphatic hydroxyl groups excluding tert-OH is 1. The van der Waals surface area contributed by atoms with Crippen LogP contribution in [0.15, 0.2) is 60.2 Å². The smallest absolute Gasteiger partial charge is 0.258 e. The minimum Gasteiger partial charge on any atom is -0.501 e. The molecule has 1 aliphatic heterocycles. The van der Waals surface area contributed by atoms with Crippen molar-refractivity contribution in [2.45, 2.75) is 12.5 Å². The molecule has 2 aromatic rings. The normalized spacial score (nSPS) is 19.7. The van der Waals surface area contributed by atoms with Gasteiger partial charge in [-0.3, -0.25) is 14.9 Å². The largest absolute Gasteiger partial charge is 0.501 e. The van der Waals surface area contributed by atoms with Crippen molar-refractivity contribution in [2.24, 2.45) is 0 Å². The third-order valence-electron chi connectivity index (χ3n) is 3.90. The molecular formula is C18H13F2NO4. The number of carbonyl (C=O) groups excluding carboxylic acids is 2. The number of hydrogen-bond donors (Lipinski definition) is 2. The van der Waals surface area contributed by atoms with Gasteiger partial charge in [-0.1, -0.05) is 30.3 Å². The summed E-state index contributed by atoms with van der Waals surface area (Å²) in [6, 6.07) is 11.3. The van der Waals surface area contributed by atoms with Gasteiger partial charge in [0.25, 0.3) is 11.7 Å². The van der Waals surface area contributed by atoms with E-state index in [4.69, 9.17) is 4.74 Å². The van der Waals surface area contributed by atoms with E-state index in [0.717, 1.165) is 6.07 Å². The minimum absolute atomic E-state index is 0.268. The standard InChI is InChI=1S/C18H13F2NO4/c1-18(11-8-5-9-12(19)13(11)20)15(23)14(22)17(25-18)21-16(24)10-6-3-2-4-7-10/h2-9,22H,1H3,(H,21,24).